The van der Waals surface area contributed by atoms with Crippen molar-refractivity contribution in [1.82, 2.24) is 0 Å². The number of carbonyl (C=O) groups excluding carboxylic acids is 1. The molecule has 0 radical (unpaired) electrons. The summed E-state index contributed by atoms with van der Waals surface area (Å²) in [7, 11) is -5.26. The van der Waals surface area contributed by atoms with Crippen LogP contribution in [-0.4, -0.2) is 26.2 Å². The topological polar surface area (TPSA) is 72.5 Å². The number of halogens is 2. The predicted molar refractivity (Wildman–Crippen MR) is 86.3 cm³/mol. The third-order valence-corrected chi connectivity index (χ3v) is 4.35. The summed E-state index contributed by atoms with van der Waals surface area (Å²) >= 11 is 5.75. The molecule has 1 aromatic carbocycles. The van der Waals surface area contributed by atoms with Crippen LogP contribution in [0.4, 0.5) is 10.1 Å². The first kappa shape index (κ1) is 9.03. The number of sulfonamides is 1. The van der Waals surface area contributed by atoms with E-state index in [-0.39, 0.29) is 6.61 Å². The number of nitrogens with one attached hydrogen (secondary N) is 1. The Morgan fingerprint density at radius 2 is 2.35 bits per heavy atom. The third kappa shape index (κ3) is 4.23. The number of carbonyl (C=O) groups is 1. The number of allylic oxidation sites excluding steroid dienone is 1. The molecule has 0 spiro atoms. The molecule has 0 aliphatic heterocycles. The van der Waals surface area contributed by atoms with Crippen molar-refractivity contribution in [3.05, 3.63) is 40.6 Å². The van der Waals surface area contributed by atoms with Gasteiger partial charge in [0, 0.05) is 8.22 Å². The molecule has 1 aliphatic carbocycles. The molecule has 0 fully saturated rings. The lowest BCUT2D eigenvalue weighted by Gasteiger charge is -2.24. The van der Waals surface area contributed by atoms with Gasteiger partial charge < -0.3 is 4.74 Å². The summed E-state index contributed by atoms with van der Waals surface area (Å²) in [5.74, 6) is -2.93. The molecular formula is C15H17ClFNO4S. The lowest BCUT2D eigenvalue weighted by Crippen LogP contribution is -2.34. The van der Waals surface area contributed by atoms with Crippen LogP contribution >= 0.6 is 11.6 Å². The zero-order valence-electron chi connectivity index (χ0n) is 20.7. The summed E-state index contributed by atoms with van der Waals surface area (Å²) in [5.41, 5.74) is -2.01. The number of rotatable bonds is 5. The van der Waals surface area contributed by atoms with Crippen LogP contribution in [0.1, 0.15) is 38.4 Å². The van der Waals surface area contributed by atoms with Crippen LogP contribution in [0.2, 0.25) is 5.02 Å². The Bertz CT molecular complexity index is 1080. The fourth-order valence-electron chi connectivity index (χ4n) is 1.63. The zero-order chi connectivity index (χ0) is 25.0. The molecule has 8 heteroatoms. The van der Waals surface area contributed by atoms with Crippen LogP contribution in [0.15, 0.2) is 29.8 Å². The lowest BCUT2D eigenvalue weighted by atomic mass is 9.99. The molecule has 1 aliphatic rings. The minimum absolute atomic E-state index is 0.291. The highest BCUT2D eigenvalue weighted by atomic mass is 35.5. The van der Waals surface area contributed by atoms with Crippen molar-refractivity contribution in [2.75, 3.05) is 11.3 Å². The Kier molecular flexibility index (Phi) is 2.87. The summed E-state index contributed by atoms with van der Waals surface area (Å²) in [4.78, 5) is 12.4. The number of esters is 1. The predicted octanol–water partition coefficient (Wildman–Crippen LogP) is 3.26. The van der Waals surface area contributed by atoms with E-state index in [2.05, 4.69) is 4.74 Å². The molecule has 2 rings (SSSR count). The summed E-state index contributed by atoms with van der Waals surface area (Å²) in [5, 5.41) is -3.62. The zero-order valence-corrected chi connectivity index (χ0v) is 13.2. The Hall–Kier alpha value is -1.60. The maximum Gasteiger partial charge on any atom is 0.335 e. The highest BCUT2D eigenvalue weighted by Crippen LogP contribution is 2.30. The number of anilines is 1. The quantitative estimate of drug-likeness (QED) is 0.807. The van der Waals surface area contributed by atoms with Gasteiger partial charge in [-0.15, -0.1) is 0 Å². The van der Waals surface area contributed by atoms with E-state index in [4.69, 9.17) is 23.9 Å². The Labute approximate surface area is 152 Å². The fourth-order valence-corrected chi connectivity index (χ4v) is 3.14. The molecule has 0 saturated heterocycles. The van der Waals surface area contributed by atoms with Crippen molar-refractivity contribution < 1.29 is 34.7 Å². The first-order valence-electron chi connectivity index (χ1n) is 10.7. The molecule has 0 amide bonds. The molecule has 23 heavy (non-hydrogen) atoms. The number of hydrogen-bond acceptors (Lipinski definition) is 4. The molecule has 0 bridgehead atoms. The number of hydrogen-bond donors (Lipinski definition) is 1. The van der Waals surface area contributed by atoms with Gasteiger partial charge >= 0.3 is 5.97 Å². The van der Waals surface area contributed by atoms with E-state index in [0.29, 0.717) is 6.08 Å². The molecular weight excluding hydrogens is 345 g/mol. The summed E-state index contributed by atoms with van der Waals surface area (Å²) in [6.07, 6.45) is -9.84. The Balaban J connectivity index is 2.78. The van der Waals surface area contributed by atoms with E-state index in [1.807, 2.05) is 0 Å². The van der Waals surface area contributed by atoms with Crippen molar-refractivity contribution in [2.45, 2.75) is 31.3 Å². The van der Waals surface area contributed by atoms with Gasteiger partial charge in [0.05, 0.1) is 27.0 Å². The molecule has 126 valence electrons. The summed E-state index contributed by atoms with van der Waals surface area (Å²) < 4.78 is 117. The Morgan fingerprint density at radius 3 is 3.04 bits per heavy atom. The highest BCUT2D eigenvalue weighted by molar-refractivity contribution is 7.93. The second kappa shape index (κ2) is 7.31. The van der Waals surface area contributed by atoms with Gasteiger partial charge in [-0.05, 0) is 44.2 Å². The third-order valence-electron chi connectivity index (χ3n) is 2.59. The van der Waals surface area contributed by atoms with Crippen LogP contribution in [0.25, 0.3) is 0 Å². The molecule has 1 atom stereocenters. The molecule has 1 N–H and O–H groups in total. The van der Waals surface area contributed by atoms with E-state index in [1.54, 1.807) is 4.72 Å². The van der Waals surface area contributed by atoms with Gasteiger partial charge in [-0.25, -0.2) is 17.6 Å². The van der Waals surface area contributed by atoms with Gasteiger partial charge in [0.25, 0.3) is 0 Å². The standard InChI is InChI=1S/C15H17ClFNO4S/c1-2-22-15(19)11-5-3-4-6-14(11)23(20,21)18-13-8-7-10(17)9-12(13)16/h5,7-9,14,18H,2-4,6H2,1H3/t14-/m1/s1/i3D2,4D2,6D2,7D,8D,9D. The van der Waals surface area contributed by atoms with Crippen LogP contribution in [0.5, 0.6) is 0 Å². The molecule has 5 nitrogen and oxygen atoms in total. The average molecular weight is 371 g/mol. The summed E-state index contributed by atoms with van der Waals surface area (Å²) in [6, 6.07) is -3.40. The van der Waals surface area contributed by atoms with Crippen molar-refractivity contribution in [1.29, 1.82) is 0 Å². The second-order valence-electron chi connectivity index (χ2n) is 4.14. The van der Waals surface area contributed by atoms with Crippen LogP contribution < -0.4 is 4.72 Å². The Morgan fingerprint density at radius 1 is 1.61 bits per heavy atom. The van der Waals surface area contributed by atoms with E-state index < -0.39 is 80.6 Å². The van der Waals surface area contributed by atoms with Crippen molar-refractivity contribution in [3.8, 4) is 0 Å². The second-order valence-corrected chi connectivity index (χ2v) is 6.28. The van der Waals surface area contributed by atoms with E-state index in [9.17, 15) is 17.6 Å². The normalized spacial score (nSPS) is 30.5. The van der Waals surface area contributed by atoms with Crippen molar-refractivity contribution in [3.63, 3.8) is 0 Å². The van der Waals surface area contributed by atoms with Gasteiger partial charge in [-0.1, -0.05) is 17.7 Å². The maximum atomic E-state index is 13.8. The molecule has 0 heterocycles. The minimum atomic E-state index is -5.26. The number of benzene rings is 1. The first-order chi connectivity index (χ1) is 14.3. The smallest absolute Gasteiger partial charge is 0.335 e. The highest BCUT2D eigenvalue weighted by Gasteiger charge is 2.35. The maximum absolute atomic E-state index is 13.8. The van der Waals surface area contributed by atoms with Crippen molar-refractivity contribution >= 4 is 33.3 Å². The van der Waals surface area contributed by atoms with Gasteiger partial charge in [-0.2, -0.15) is 0 Å². The lowest BCUT2D eigenvalue weighted by molar-refractivity contribution is -0.138. The van der Waals surface area contributed by atoms with Crippen LogP contribution in [0, 0.1) is 5.82 Å². The largest absolute Gasteiger partial charge is 0.463 e. The molecule has 0 saturated carbocycles. The molecule has 1 aromatic rings. The van der Waals surface area contributed by atoms with E-state index in [0.717, 1.165) is 0 Å². The van der Waals surface area contributed by atoms with Gasteiger partial charge in [0.2, 0.25) is 10.0 Å². The molecule has 0 aromatic heterocycles. The van der Waals surface area contributed by atoms with Crippen LogP contribution in [-0.2, 0) is 19.6 Å². The van der Waals surface area contributed by atoms with E-state index in [1.165, 1.54) is 6.92 Å². The van der Waals surface area contributed by atoms with Crippen LogP contribution in [0.3, 0.4) is 0 Å². The fraction of sp³-hybridized carbons (Fsp3) is 0.400. The summed E-state index contributed by atoms with van der Waals surface area (Å²) in [6.45, 7) is 1.06. The van der Waals surface area contributed by atoms with Crippen molar-refractivity contribution in [2.24, 2.45) is 0 Å². The number of ether oxygens (including phenoxy) is 1. The monoisotopic (exact) mass is 370 g/mol. The first-order valence-corrected chi connectivity index (χ1v) is 8.13. The SMILES string of the molecule is [2H]c1c([2H])c(NS(=O)(=O)[C@H]2C(C(=O)OCC)=CC([2H])([2H])C([2H])([2H])C2([2H])[2H])c(Cl)c([2H])c1F. The van der Waals surface area contributed by atoms with E-state index >= 15 is 0 Å². The molecule has 0 unspecified atom stereocenters. The van der Waals surface area contributed by atoms with Gasteiger partial charge in [0.1, 0.15) is 11.1 Å². The van der Waals surface area contributed by atoms with Gasteiger partial charge in [0.15, 0.2) is 0 Å². The van der Waals surface area contributed by atoms with Gasteiger partial charge in [-0.3, -0.25) is 4.72 Å². The minimum Gasteiger partial charge on any atom is -0.463 e. The average Bonchev–Trinajstić information content (AvgIpc) is 2.66.